The summed E-state index contributed by atoms with van der Waals surface area (Å²) >= 11 is 0. The molecule has 0 saturated carbocycles. The van der Waals surface area contributed by atoms with Gasteiger partial charge in [-0.3, -0.25) is 0 Å². The molecule has 74 valence electrons. The summed E-state index contributed by atoms with van der Waals surface area (Å²) in [5.41, 5.74) is 1.39. The third-order valence-corrected chi connectivity index (χ3v) is 1.83. The van der Waals surface area contributed by atoms with Crippen LogP contribution < -0.4 is 0 Å². The van der Waals surface area contributed by atoms with E-state index in [-0.39, 0.29) is 19.5 Å². The molecule has 1 aromatic carbocycles. The first-order chi connectivity index (χ1) is 6.26. The van der Waals surface area contributed by atoms with Gasteiger partial charge in [0.15, 0.2) is 0 Å². The first-order valence-corrected chi connectivity index (χ1v) is 4.84. The van der Waals surface area contributed by atoms with Crippen LogP contribution in [0.3, 0.4) is 0 Å². The van der Waals surface area contributed by atoms with Crippen LogP contribution in [0.4, 0.5) is 0 Å². The molecule has 14 heavy (non-hydrogen) atoms. The molecule has 1 heteroatoms. The molecule has 0 aliphatic carbocycles. The minimum absolute atomic E-state index is 0. The van der Waals surface area contributed by atoms with Crippen LogP contribution in [0, 0.1) is 12.8 Å². The molecule has 0 aliphatic rings. The Kier molecular flexibility index (Phi) is 12.7. The minimum Gasteiger partial charge on any atom is -0.335 e. The maximum absolute atomic E-state index is 2.20. The van der Waals surface area contributed by atoms with Crippen molar-refractivity contribution in [2.75, 3.05) is 0 Å². The van der Waals surface area contributed by atoms with Gasteiger partial charge in [-0.05, 0) is 0 Å². The van der Waals surface area contributed by atoms with Gasteiger partial charge in [0, 0.05) is 0 Å². The molecule has 1 aromatic rings. The van der Waals surface area contributed by atoms with Crippen LogP contribution in [-0.2, 0) is 19.5 Å². The molecule has 1 rings (SSSR count). The van der Waals surface area contributed by atoms with E-state index in [9.17, 15) is 0 Å². The van der Waals surface area contributed by atoms with Crippen LogP contribution in [0.5, 0.6) is 0 Å². The van der Waals surface area contributed by atoms with Gasteiger partial charge in [-0.25, -0.2) is 0 Å². The third-order valence-electron chi connectivity index (χ3n) is 1.83. The Hall–Kier alpha value is -0.157. The second-order valence-electron chi connectivity index (χ2n) is 3.11. The van der Waals surface area contributed by atoms with E-state index in [4.69, 9.17) is 0 Å². The minimum atomic E-state index is 0. The van der Waals surface area contributed by atoms with E-state index in [2.05, 4.69) is 44.5 Å². The van der Waals surface area contributed by atoms with E-state index in [1.807, 2.05) is 26.3 Å². The van der Waals surface area contributed by atoms with Crippen molar-refractivity contribution in [3.63, 3.8) is 0 Å². The molecular formula is C13H20Zn. The van der Waals surface area contributed by atoms with E-state index >= 15 is 0 Å². The number of rotatable bonds is 2. The van der Waals surface area contributed by atoms with Crippen molar-refractivity contribution in [1.82, 2.24) is 0 Å². The quantitative estimate of drug-likeness (QED) is 0.537. The molecule has 0 aromatic heterocycles. The molecule has 1 atom stereocenters. The van der Waals surface area contributed by atoms with Gasteiger partial charge in [-0.15, -0.1) is 5.92 Å². The summed E-state index contributed by atoms with van der Waals surface area (Å²) in [6.07, 6.45) is 4.20. The first kappa shape index (κ1) is 16.3. The Morgan fingerprint density at radius 1 is 1.00 bits per heavy atom. The fourth-order valence-electron chi connectivity index (χ4n) is 0.949. The topological polar surface area (TPSA) is 0 Å². The number of benzene rings is 1. The average molecular weight is 242 g/mol. The monoisotopic (exact) mass is 240 g/mol. The van der Waals surface area contributed by atoms with Crippen molar-refractivity contribution in [2.45, 2.75) is 33.6 Å². The van der Waals surface area contributed by atoms with Crippen LogP contribution in [-0.4, -0.2) is 0 Å². The Morgan fingerprint density at radius 2 is 1.43 bits per heavy atom. The van der Waals surface area contributed by atoms with Crippen LogP contribution in [0.15, 0.2) is 30.3 Å². The van der Waals surface area contributed by atoms with Gasteiger partial charge in [0.25, 0.3) is 0 Å². The zero-order valence-electron chi connectivity index (χ0n) is 9.83. The van der Waals surface area contributed by atoms with E-state index in [1.54, 1.807) is 0 Å². The molecule has 0 N–H and O–H groups in total. The van der Waals surface area contributed by atoms with E-state index < -0.39 is 0 Å². The van der Waals surface area contributed by atoms with Gasteiger partial charge in [0.05, 0.1) is 0 Å². The van der Waals surface area contributed by atoms with E-state index in [0.29, 0.717) is 5.92 Å². The van der Waals surface area contributed by atoms with E-state index in [1.165, 1.54) is 5.56 Å². The van der Waals surface area contributed by atoms with Crippen molar-refractivity contribution in [2.24, 2.45) is 0 Å². The fourth-order valence-corrected chi connectivity index (χ4v) is 0.949. The number of hydrogen-bond donors (Lipinski definition) is 0. The fraction of sp³-hybridized carbons (Fsp3) is 0.385. The molecule has 0 saturated heterocycles. The molecule has 0 radical (unpaired) electrons. The maximum atomic E-state index is 2.20. The smallest absolute Gasteiger partial charge is 0.335 e. The first-order valence-electron chi connectivity index (χ1n) is 4.84. The predicted molar refractivity (Wildman–Crippen MR) is 60.5 cm³/mol. The van der Waals surface area contributed by atoms with Gasteiger partial charge < -0.3 is 12.8 Å². The van der Waals surface area contributed by atoms with Gasteiger partial charge in [0.2, 0.25) is 0 Å². The van der Waals surface area contributed by atoms with Gasteiger partial charge in [-0.1, -0.05) is 42.8 Å². The second kappa shape index (κ2) is 10.9. The zero-order valence-corrected chi connectivity index (χ0v) is 12.8. The standard InChI is InChI=1S/C10H13.C3H7.Zn/c1-3-9(2)10-7-5-4-6-8-10;1-3-2;/h3-9H,1-2H3;3H,1-2H3;/q2*-1;+2/t9-;;/m0../s1. The van der Waals surface area contributed by atoms with Gasteiger partial charge >= 0.3 is 19.5 Å². The Labute approximate surface area is 102 Å². The molecule has 0 spiro atoms. The molecule has 0 unspecified atom stereocenters. The Balaban J connectivity index is 0. The normalized spacial score (nSPS) is 10.6. The van der Waals surface area contributed by atoms with Crippen LogP contribution >= 0.6 is 0 Å². The number of hydrogen-bond acceptors (Lipinski definition) is 0. The van der Waals surface area contributed by atoms with Crippen LogP contribution in [0.25, 0.3) is 0 Å². The zero-order chi connectivity index (χ0) is 10.1. The van der Waals surface area contributed by atoms with Crippen molar-refractivity contribution in [3.8, 4) is 0 Å². The summed E-state index contributed by atoms with van der Waals surface area (Å²) in [5.74, 6) is 0.584. The summed E-state index contributed by atoms with van der Waals surface area (Å²) in [6.45, 7) is 8.30. The van der Waals surface area contributed by atoms with Crippen LogP contribution in [0.2, 0.25) is 0 Å². The molecule has 0 nitrogen and oxygen atoms in total. The summed E-state index contributed by atoms with van der Waals surface area (Å²) in [5, 5.41) is 0. The molecular weight excluding hydrogens is 222 g/mol. The third kappa shape index (κ3) is 7.27. The Morgan fingerprint density at radius 3 is 1.79 bits per heavy atom. The Bertz CT molecular complexity index is 194. The summed E-state index contributed by atoms with van der Waals surface area (Å²) in [7, 11) is 0. The van der Waals surface area contributed by atoms with Gasteiger partial charge in [-0.2, -0.15) is 20.8 Å². The summed E-state index contributed by atoms with van der Waals surface area (Å²) in [6, 6.07) is 10.5. The molecule has 0 bridgehead atoms. The van der Waals surface area contributed by atoms with Crippen molar-refractivity contribution >= 4 is 0 Å². The summed E-state index contributed by atoms with van der Waals surface area (Å²) < 4.78 is 0. The largest absolute Gasteiger partial charge is 2.00 e. The molecule has 0 amide bonds. The molecule has 0 heterocycles. The molecule has 0 fully saturated rings. The van der Waals surface area contributed by atoms with Crippen molar-refractivity contribution in [1.29, 1.82) is 0 Å². The molecule has 0 aliphatic heterocycles. The summed E-state index contributed by atoms with van der Waals surface area (Å²) in [4.78, 5) is 0. The van der Waals surface area contributed by atoms with Crippen LogP contribution in [0.1, 0.15) is 39.2 Å². The van der Waals surface area contributed by atoms with E-state index in [0.717, 1.165) is 0 Å². The van der Waals surface area contributed by atoms with Gasteiger partial charge in [0.1, 0.15) is 0 Å². The van der Waals surface area contributed by atoms with Crippen molar-refractivity contribution in [3.05, 3.63) is 48.7 Å². The predicted octanol–water partition coefficient (Wildman–Crippen LogP) is 4.24. The average Bonchev–Trinajstić information content (AvgIpc) is 2.19. The van der Waals surface area contributed by atoms with Crippen molar-refractivity contribution < 1.29 is 19.5 Å². The second-order valence-corrected chi connectivity index (χ2v) is 3.11. The maximum Gasteiger partial charge on any atom is 2.00 e. The SMILES string of the molecule is C[CH-]C.C[CH-][C@H](C)c1ccccc1.[Zn+2].